The number of hydrogen-bond acceptors (Lipinski definition) is 3. The first-order valence-corrected chi connectivity index (χ1v) is 5.27. The zero-order valence-corrected chi connectivity index (χ0v) is 9.64. The Kier molecular flexibility index (Phi) is 3.32. The summed E-state index contributed by atoms with van der Waals surface area (Å²) in [5.41, 5.74) is 0.872. The SMILES string of the molecule is Cc1ccc(F)c(OCc2ccc(C(=O)O)o2)c1. The molecular weight excluding hydrogens is 239 g/mol. The molecule has 0 saturated carbocycles. The van der Waals surface area contributed by atoms with E-state index in [4.69, 9.17) is 14.3 Å². The van der Waals surface area contributed by atoms with Gasteiger partial charge >= 0.3 is 5.97 Å². The van der Waals surface area contributed by atoms with Gasteiger partial charge in [0.15, 0.2) is 11.6 Å². The highest BCUT2D eigenvalue weighted by Crippen LogP contribution is 2.20. The fraction of sp³-hybridized carbons (Fsp3) is 0.154. The van der Waals surface area contributed by atoms with Crippen LogP contribution in [0.4, 0.5) is 4.39 Å². The van der Waals surface area contributed by atoms with Gasteiger partial charge in [-0.25, -0.2) is 9.18 Å². The highest BCUT2D eigenvalue weighted by molar-refractivity contribution is 5.84. The Balaban J connectivity index is 2.06. The fourth-order valence-corrected chi connectivity index (χ4v) is 1.44. The van der Waals surface area contributed by atoms with Crippen LogP contribution in [0, 0.1) is 12.7 Å². The number of halogens is 1. The Hall–Kier alpha value is -2.30. The minimum atomic E-state index is -1.15. The number of benzene rings is 1. The molecule has 1 heterocycles. The number of carboxylic acid groups (broad SMARTS) is 1. The van der Waals surface area contributed by atoms with Crippen LogP contribution in [0.3, 0.4) is 0 Å². The normalized spacial score (nSPS) is 10.3. The van der Waals surface area contributed by atoms with Crippen molar-refractivity contribution in [1.29, 1.82) is 0 Å². The molecule has 2 aromatic rings. The molecule has 0 spiro atoms. The second-order valence-electron chi connectivity index (χ2n) is 3.79. The van der Waals surface area contributed by atoms with Gasteiger partial charge < -0.3 is 14.3 Å². The van der Waals surface area contributed by atoms with Crippen LogP contribution in [-0.2, 0) is 6.61 Å². The summed E-state index contributed by atoms with van der Waals surface area (Å²) in [6.45, 7) is 1.80. The van der Waals surface area contributed by atoms with Crippen molar-refractivity contribution in [3.05, 3.63) is 53.2 Å². The van der Waals surface area contributed by atoms with Gasteiger partial charge in [-0.05, 0) is 36.8 Å². The molecule has 0 aliphatic carbocycles. The zero-order valence-electron chi connectivity index (χ0n) is 9.64. The monoisotopic (exact) mass is 250 g/mol. The van der Waals surface area contributed by atoms with E-state index in [1.807, 2.05) is 6.92 Å². The lowest BCUT2D eigenvalue weighted by atomic mass is 10.2. The summed E-state index contributed by atoms with van der Waals surface area (Å²) in [6, 6.07) is 7.33. The maximum atomic E-state index is 13.4. The summed E-state index contributed by atoms with van der Waals surface area (Å²) in [5, 5.41) is 8.67. The number of ether oxygens (including phenoxy) is 1. The van der Waals surface area contributed by atoms with E-state index in [0.717, 1.165) is 5.56 Å². The topological polar surface area (TPSA) is 59.7 Å². The highest BCUT2D eigenvalue weighted by Gasteiger charge is 2.10. The standard InChI is InChI=1S/C13H11FO4/c1-8-2-4-10(14)12(6-8)17-7-9-3-5-11(18-9)13(15)16/h2-6H,7H2,1H3,(H,15,16). The molecule has 0 saturated heterocycles. The summed E-state index contributed by atoms with van der Waals surface area (Å²) >= 11 is 0. The predicted molar refractivity (Wildman–Crippen MR) is 61.1 cm³/mol. The smallest absolute Gasteiger partial charge is 0.371 e. The van der Waals surface area contributed by atoms with E-state index in [1.54, 1.807) is 12.1 Å². The lowest BCUT2D eigenvalue weighted by Crippen LogP contribution is -1.97. The molecule has 1 aromatic heterocycles. The average Bonchev–Trinajstić information content (AvgIpc) is 2.79. The van der Waals surface area contributed by atoms with E-state index in [9.17, 15) is 9.18 Å². The Labute approximate surface area is 103 Å². The second-order valence-corrected chi connectivity index (χ2v) is 3.79. The number of carbonyl (C=O) groups is 1. The number of carboxylic acids is 1. The van der Waals surface area contributed by atoms with Gasteiger partial charge in [-0.1, -0.05) is 6.07 Å². The Morgan fingerprint density at radius 1 is 1.39 bits per heavy atom. The van der Waals surface area contributed by atoms with Gasteiger partial charge in [0, 0.05) is 0 Å². The molecule has 0 aliphatic rings. The van der Waals surface area contributed by atoms with Crippen molar-refractivity contribution in [2.75, 3.05) is 0 Å². The van der Waals surface area contributed by atoms with Gasteiger partial charge in [-0.2, -0.15) is 0 Å². The molecule has 1 aromatic carbocycles. The molecule has 5 heteroatoms. The molecule has 0 bridgehead atoms. The largest absolute Gasteiger partial charge is 0.483 e. The van der Waals surface area contributed by atoms with Crippen LogP contribution in [0.15, 0.2) is 34.7 Å². The van der Waals surface area contributed by atoms with Crippen molar-refractivity contribution in [2.45, 2.75) is 13.5 Å². The van der Waals surface area contributed by atoms with E-state index < -0.39 is 11.8 Å². The van der Waals surface area contributed by atoms with E-state index in [0.29, 0.717) is 5.76 Å². The highest BCUT2D eigenvalue weighted by atomic mass is 19.1. The maximum absolute atomic E-state index is 13.4. The quantitative estimate of drug-likeness (QED) is 0.906. The first-order chi connectivity index (χ1) is 8.56. The van der Waals surface area contributed by atoms with Crippen molar-refractivity contribution in [3.8, 4) is 5.75 Å². The zero-order chi connectivity index (χ0) is 13.1. The lowest BCUT2D eigenvalue weighted by Gasteiger charge is -2.06. The van der Waals surface area contributed by atoms with Crippen molar-refractivity contribution >= 4 is 5.97 Å². The molecule has 0 fully saturated rings. The number of furan rings is 1. The molecule has 0 unspecified atom stereocenters. The fourth-order valence-electron chi connectivity index (χ4n) is 1.44. The molecule has 94 valence electrons. The average molecular weight is 250 g/mol. The molecular formula is C13H11FO4. The van der Waals surface area contributed by atoms with Crippen LogP contribution >= 0.6 is 0 Å². The van der Waals surface area contributed by atoms with Crippen LogP contribution in [0.25, 0.3) is 0 Å². The van der Waals surface area contributed by atoms with E-state index in [2.05, 4.69) is 0 Å². The molecule has 1 N–H and O–H groups in total. The third-order valence-corrected chi connectivity index (χ3v) is 2.33. The van der Waals surface area contributed by atoms with Crippen LogP contribution < -0.4 is 4.74 Å². The summed E-state index contributed by atoms with van der Waals surface area (Å²) in [4.78, 5) is 10.6. The Bertz CT molecular complexity index is 574. The van der Waals surface area contributed by atoms with Crippen molar-refractivity contribution in [3.63, 3.8) is 0 Å². The van der Waals surface area contributed by atoms with Crippen molar-refractivity contribution in [1.82, 2.24) is 0 Å². The predicted octanol–water partition coefficient (Wildman–Crippen LogP) is 3.00. The van der Waals surface area contributed by atoms with Gasteiger partial charge in [-0.15, -0.1) is 0 Å². The summed E-state index contributed by atoms with van der Waals surface area (Å²) < 4.78 is 23.6. The summed E-state index contributed by atoms with van der Waals surface area (Å²) in [6.07, 6.45) is 0. The molecule has 2 rings (SSSR count). The molecule has 0 radical (unpaired) electrons. The Morgan fingerprint density at radius 3 is 2.83 bits per heavy atom. The third kappa shape index (κ3) is 2.68. The first-order valence-electron chi connectivity index (χ1n) is 5.27. The van der Waals surface area contributed by atoms with Gasteiger partial charge in [0.2, 0.25) is 5.76 Å². The number of aromatic carboxylic acids is 1. The van der Waals surface area contributed by atoms with Crippen LogP contribution in [0.2, 0.25) is 0 Å². The second kappa shape index (κ2) is 4.91. The number of rotatable bonds is 4. The van der Waals surface area contributed by atoms with Crippen molar-refractivity contribution < 1.29 is 23.4 Å². The lowest BCUT2D eigenvalue weighted by molar-refractivity contribution is 0.0658. The molecule has 4 nitrogen and oxygen atoms in total. The third-order valence-electron chi connectivity index (χ3n) is 2.33. The summed E-state index contributed by atoms with van der Waals surface area (Å²) in [5.74, 6) is -1.34. The Morgan fingerprint density at radius 2 is 2.17 bits per heavy atom. The van der Waals surface area contributed by atoms with E-state index in [-0.39, 0.29) is 18.1 Å². The molecule has 18 heavy (non-hydrogen) atoms. The van der Waals surface area contributed by atoms with Gasteiger partial charge in [0.25, 0.3) is 0 Å². The first kappa shape index (κ1) is 12.2. The number of aryl methyl sites for hydroxylation is 1. The minimum Gasteiger partial charge on any atom is -0.483 e. The van der Waals surface area contributed by atoms with Crippen LogP contribution in [-0.4, -0.2) is 11.1 Å². The van der Waals surface area contributed by atoms with E-state index in [1.165, 1.54) is 18.2 Å². The maximum Gasteiger partial charge on any atom is 0.371 e. The molecule has 0 amide bonds. The number of hydrogen-bond donors (Lipinski definition) is 1. The van der Waals surface area contributed by atoms with Crippen LogP contribution in [0.1, 0.15) is 21.9 Å². The van der Waals surface area contributed by atoms with Crippen molar-refractivity contribution in [2.24, 2.45) is 0 Å². The molecule has 0 aliphatic heterocycles. The van der Waals surface area contributed by atoms with Gasteiger partial charge in [0.05, 0.1) is 0 Å². The van der Waals surface area contributed by atoms with Crippen LogP contribution in [0.5, 0.6) is 5.75 Å². The molecule has 0 atom stereocenters. The van der Waals surface area contributed by atoms with E-state index >= 15 is 0 Å². The van der Waals surface area contributed by atoms with Gasteiger partial charge in [-0.3, -0.25) is 0 Å². The van der Waals surface area contributed by atoms with Gasteiger partial charge in [0.1, 0.15) is 12.4 Å². The minimum absolute atomic E-state index is 0.0202. The summed E-state index contributed by atoms with van der Waals surface area (Å²) in [7, 11) is 0.